The van der Waals surface area contributed by atoms with Gasteiger partial charge in [0.25, 0.3) is 11.8 Å². The van der Waals surface area contributed by atoms with Gasteiger partial charge in [-0.15, -0.1) is 0 Å². The first-order valence-corrected chi connectivity index (χ1v) is 21.3. The molecule has 1 aromatic carbocycles. The van der Waals surface area contributed by atoms with E-state index >= 15 is 0 Å². The van der Waals surface area contributed by atoms with Gasteiger partial charge >= 0.3 is 0 Å². The third kappa shape index (κ3) is 11.2. The number of ketones is 1. The summed E-state index contributed by atoms with van der Waals surface area (Å²) < 4.78 is 28.9. The molecular formula is C40H56N8O8S. The fraction of sp³-hybridized carbons (Fsp3) is 0.600. The van der Waals surface area contributed by atoms with Crippen LogP contribution in [0.15, 0.2) is 47.8 Å². The molecule has 5 amide bonds. The van der Waals surface area contributed by atoms with E-state index in [0.29, 0.717) is 19.3 Å². The molecule has 1 saturated heterocycles. The molecular weight excluding hydrogens is 753 g/mol. The van der Waals surface area contributed by atoms with Crippen molar-refractivity contribution in [2.75, 3.05) is 13.1 Å². The van der Waals surface area contributed by atoms with Gasteiger partial charge in [-0.25, -0.2) is 13.4 Å². The van der Waals surface area contributed by atoms with Crippen molar-refractivity contribution in [1.82, 2.24) is 40.9 Å². The SMILES string of the molecule is CCC[C@H](NC(=O)[C@@H]1CN(S(=O)(=O)c2ccc(C)cc2)C[C@@H]1NC(=O)[C@@H](NC(=O)[C@@H](NC(=O)c1cnccn1)C1CCCCC1)C(C)(C)C)C(=O)C(=O)NC1CC1. The van der Waals surface area contributed by atoms with Crippen molar-refractivity contribution in [3.05, 3.63) is 54.1 Å². The number of rotatable bonds is 16. The monoisotopic (exact) mass is 808 g/mol. The first-order valence-electron chi connectivity index (χ1n) is 19.9. The van der Waals surface area contributed by atoms with Crippen LogP contribution >= 0.6 is 0 Å². The fourth-order valence-corrected chi connectivity index (χ4v) is 8.88. The van der Waals surface area contributed by atoms with Crippen LogP contribution in [0.25, 0.3) is 0 Å². The molecule has 5 atom stereocenters. The predicted molar refractivity (Wildman–Crippen MR) is 210 cm³/mol. The highest BCUT2D eigenvalue weighted by molar-refractivity contribution is 7.89. The number of hydrogen-bond acceptors (Lipinski definition) is 10. The van der Waals surface area contributed by atoms with E-state index in [1.54, 1.807) is 39.8 Å². The second kappa shape index (κ2) is 18.7. The van der Waals surface area contributed by atoms with E-state index < -0.39 is 80.8 Å². The fourth-order valence-electron chi connectivity index (χ4n) is 7.38. The van der Waals surface area contributed by atoms with Crippen molar-refractivity contribution in [3.63, 3.8) is 0 Å². The summed E-state index contributed by atoms with van der Waals surface area (Å²) in [6.45, 7) is 8.30. The van der Waals surface area contributed by atoms with Crippen LogP contribution in [0, 0.1) is 24.2 Å². The molecule has 57 heavy (non-hydrogen) atoms. The van der Waals surface area contributed by atoms with Gasteiger partial charge in [-0.2, -0.15) is 4.31 Å². The second-order valence-corrected chi connectivity index (χ2v) is 18.5. The van der Waals surface area contributed by atoms with Crippen molar-refractivity contribution in [2.45, 2.75) is 128 Å². The van der Waals surface area contributed by atoms with Crippen LogP contribution in [-0.4, -0.2) is 101 Å². The van der Waals surface area contributed by atoms with Gasteiger partial charge in [0.05, 0.1) is 29.1 Å². The molecule has 2 aliphatic carbocycles. The summed E-state index contributed by atoms with van der Waals surface area (Å²) in [6, 6.07) is 1.78. The average molecular weight is 809 g/mol. The average Bonchev–Trinajstić information content (AvgIpc) is 3.90. The Bertz CT molecular complexity index is 1890. The van der Waals surface area contributed by atoms with Gasteiger partial charge in [0, 0.05) is 31.5 Å². The highest BCUT2D eigenvalue weighted by Gasteiger charge is 2.46. The van der Waals surface area contributed by atoms with E-state index in [2.05, 4.69) is 36.6 Å². The van der Waals surface area contributed by atoms with Gasteiger partial charge in [-0.3, -0.25) is 33.8 Å². The van der Waals surface area contributed by atoms with Crippen LogP contribution in [0.1, 0.15) is 102 Å². The largest absolute Gasteiger partial charge is 0.349 e. The Morgan fingerprint density at radius 2 is 1.54 bits per heavy atom. The molecule has 0 spiro atoms. The second-order valence-electron chi connectivity index (χ2n) is 16.6. The summed E-state index contributed by atoms with van der Waals surface area (Å²) in [5.41, 5.74) is 0.00588. The van der Waals surface area contributed by atoms with E-state index in [0.717, 1.165) is 42.0 Å². The zero-order chi connectivity index (χ0) is 41.5. The molecule has 0 unspecified atom stereocenters. The summed E-state index contributed by atoms with van der Waals surface area (Å²) in [4.78, 5) is 89.7. The molecule has 2 saturated carbocycles. The van der Waals surface area contributed by atoms with Crippen molar-refractivity contribution < 1.29 is 37.2 Å². The number of carbonyl (C=O) groups excluding carboxylic acids is 6. The van der Waals surface area contributed by atoms with Crippen molar-refractivity contribution >= 4 is 45.3 Å². The van der Waals surface area contributed by atoms with E-state index in [-0.39, 0.29) is 42.1 Å². The standard InChI is InChI=1S/C40H56N8O8S/c1-6-10-29(33(49)38(53)43-26-15-16-26)44-35(50)28-22-48(57(55,56)27-17-13-24(2)14-18-27)23-31(28)45-39(54)34(40(3,4)5)47-37(52)32(25-11-8-7-9-12-25)46-36(51)30-21-41-19-20-42-30/h13-14,17-21,25-26,28-29,31-32,34H,6-12,15-16,22-23H2,1-5H3,(H,43,53)(H,44,50)(H,45,54)(H,46,51)(H,47,52)/t28-,29+,31+,32+,34-/m1/s1. The van der Waals surface area contributed by atoms with Gasteiger partial charge in [0.1, 0.15) is 17.8 Å². The lowest BCUT2D eigenvalue weighted by Gasteiger charge is -2.35. The minimum atomic E-state index is -4.14. The minimum absolute atomic E-state index is 0.00661. The summed E-state index contributed by atoms with van der Waals surface area (Å²) in [7, 11) is -4.14. The number of nitrogens with one attached hydrogen (secondary N) is 5. The Morgan fingerprint density at radius 1 is 0.860 bits per heavy atom. The van der Waals surface area contributed by atoms with Crippen molar-refractivity contribution in [3.8, 4) is 0 Å². The van der Waals surface area contributed by atoms with Gasteiger partial charge in [0.2, 0.25) is 33.5 Å². The molecule has 0 radical (unpaired) electrons. The molecule has 17 heteroatoms. The lowest BCUT2D eigenvalue weighted by molar-refractivity contribution is -0.140. The number of nitrogens with zero attached hydrogens (tertiary/aromatic N) is 3. The molecule has 16 nitrogen and oxygen atoms in total. The van der Waals surface area contributed by atoms with Crippen molar-refractivity contribution in [2.24, 2.45) is 17.3 Å². The van der Waals surface area contributed by atoms with Crippen LogP contribution in [0.5, 0.6) is 0 Å². The molecule has 1 aliphatic heterocycles. The number of aromatic nitrogens is 2. The van der Waals surface area contributed by atoms with E-state index in [1.165, 1.54) is 30.7 Å². The highest BCUT2D eigenvalue weighted by Crippen LogP contribution is 2.30. The number of amides is 5. The number of hydrogen-bond donors (Lipinski definition) is 5. The van der Waals surface area contributed by atoms with Gasteiger partial charge in [-0.05, 0) is 62.5 Å². The topological polar surface area (TPSA) is 226 Å². The summed E-state index contributed by atoms with van der Waals surface area (Å²) >= 11 is 0. The Kier molecular flexibility index (Phi) is 14.2. The third-order valence-electron chi connectivity index (χ3n) is 10.9. The van der Waals surface area contributed by atoms with Gasteiger partial charge in [-0.1, -0.05) is 71.1 Å². The van der Waals surface area contributed by atoms with Crippen LogP contribution in [0.4, 0.5) is 0 Å². The first kappa shape index (κ1) is 43.4. The molecule has 310 valence electrons. The van der Waals surface area contributed by atoms with E-state index in [1.807, 2.05) is 6.92 Å². The third-order valence-corrected chi connectivity index (χ3v) is 12.7. The Labute approximate surface area is 334 Å². The zero-order valence-corrected chi connectivity index (χ0v) is 34.2. The van der Waals surface area contributed by atoms with Crippen LogP contribution < -0.4 is 26.6 Å². The van der Waals surface area contributed by atoms with E-state index in [4.69, 9.17) is 0 Å². The number of carbonyl (C=O) groups is 6. The Hall–Kier alpha value is -4.77. The Morgan fingerprint density at radius 3 is 2.14 bits per heavy atom. The molecule has 2 aromatic rings. The smallest absolute Gasteiger partial charge is 0.289 e. The summed E-state index contributed by atoms with van der Waals surface area (Å²) in [5.74, 6) is -5.46. The van der Waals surface area contributed by atoms with Crippen LogP contribution in [-0.2, 0) is 34.0 Å². The lowest BCUT2D eigenvalue weighted by atomic mass is 9.82. The maximum absolute atomic E-state index is 14.3. The zero-order valence-electron chi connectivity index (χ0n) is 33.4. The summed E-state index contributed by atoms with van der Waals surface area (Å²) in [5, 5.41) is 13.9. The first-order chi connectivity index (χ1) is 27.0. The normalized spacial score (nSPS) is 20.7. The summed E-state index contributed by atoms with van der Waals surface area (Å²) in [6.07, 6.45) is 10.4. The van der Waals surface area contributed by atoms with Crippen LogP contribution in [0.2, 0.25) is 0 Å². The van der Waals surface area contributed by atoms with Crippen LogP contribution in [0.3, 0.4) is 0 Å². The van der Waals surface area contributed by atoms with Gasteiger partial charge in [0.15, 0.2) is 0 Å². The molecule has 3 aliphatic rings. The van der Waals surface area contributed by atoms with E-state index in [9.17, 15) is 37.2 Å². The highest BCUT2D eigenvalue weighted by atomic mass is 32.2. The van der Waals surface area contributed by atoms with Gasteiger partial charge < -0.3 is 26.6 Å². The number of Topliss-reactive ketones (excluding diaryl/α,β-unsaturated/α-hetero) is 1. The number of sulfonamides is 1. The maximum Gasteiger partial charge on any atom is 0.289 e. The predicted octanol–water partition coefficient (Wildman–Crippen LogP) is 1.93. The molecule has 5 rings (SSSR count). The molecule has 1 aromatic heterocycles. The molecule has 5 N–H and O–H groups in total. The molecule has 0 bridgehead atoms. The maximum atomic E-state index is 14.3. The van der Waals surface area contributed by atoms with Crippen molar-refractivity contribution in [1.29, 1.82) is 0 Å². The minimum Gasteiger partial charge on any atom is -0.349 e. The quantitative estimate of drug-likeness (QED) is 0.155. The Balaban J connectivity index is 1.39. The number of aryl methyl sites for hydroxylation is 1. The molecule has 2 heterocycles. The lowest BCUT2D eigenvalue weighted by Crippen LogP contribution is -2.61. The molecule has 3 fully saturated rings. The number of benzene rings is 1.